The monoisotopic (exact) mass is 355 g/mol. The number of hydrogen-bond acceptors (Lipinski definition) is 6. The lowest BCUT2D eigenvalue weighted by Crippen LogP contribution is -2.44. The minimum absolute atomic E-state index is 0.0341. The molecule has 1 amide bonds. The minimum Gasteiger partial charge on any atom is -0.368 e. The molecule has 1 N–H and O–H groups in total. The van der Waals surface area contributed by atoms with Crippen molar-refractivity contribution in [2.75, 3.05) is 19.7 Å². The van der Waals surface area contributed by atoms with Gasteiger partial charge in [0.05, 0.1) is 11.9 Å². The summed E-state index contributed by atoms with van der Waals surface area (Å²) in [6.45, 7) is 1.95. The highest BCUT2D eigenvalue weighted by Gasteiger charge is 2.32. The Morgan fingerprint density at radius 3 is 2.96 bits per heavy atom. The first-order valence-electron chi connectivity index (χ1n) is 8.99. The molecule has 2 aliphatic rings. The molecule has 2 atom stereocenters. The summed E-state index contributed by atoms with van der Waals surface area (Å²) in [4.78, 5) is 42.1. The lowest BCUT2D eigenvalue weighted by Gasteiger charge is -2.33. The zero-order valence-electron chi connectivity index (χ0n) is 14.4. The Labute approximate surface area is 150 Å². The Morgan fingerprint density at radius 1 is 1.27 bits per heavy atom. The second kappa shape index (κ2) is 7.33. The first-order valence-corrected chi connectivity index (χ1v) is 8.99. The van der Waals surface area contributed by atoms with Crippen LogP contribution in [0.5, 0.6) is 0 Å². The smallest absolute Gasteiger partial charge is 0.251 e. The number of carbonyl (C=O) groups excluding carboxylic acids is 1. The van der Waals surface area contributed by atoms with E-state index in [2.05, 4.69) is 19.9 Å². The van der Waals surface area contributed by atoms with E-state index in [0.29, 0.717) is 30.4 Å². The van der Waals surface area contributed by atoms with E-state index in [1.165, 1.54) is 6.07 Å². The van der Waals surface area contributed by atoms with Crippen molar-refractivity contribution in [3.05, 3.63) is 40.7 Å². The molecule has 0 aromatic carbocycles. The molecular weight excluding hydrogens is 334 g/mol. The fraction of sp³-hybridized carbons (Fsp3) is 0.500. The number of carbonyl (C=O) groups is 1. The second-order valence-corrected chi connectivity index (χ2v) is 6.73. The molecule has 0 radical (unpaired) electrons. The molecule has 0 bridgehead atoms. The summed E-state index contributed by atoms with van der Waals surface area (Å²) >= 11 is 0. The van der Waals surface area contributed by atoms with E-state index in [4.69, 9.17) is 4.74 Å². The van der Waals surface area contributed by atoms with E-state index in [0.717, 1.165) is 32.2 Å². The van der Waals surface area contributed by atoms with Crippen LogP contribution < -0.4 is 5.56 Å². The zero-order chi connectivity index (χ0) is 17.9. The molecule has 2 unspecified atom stereocenters. The van der Waals surface area contributed by atoms with Crippen LogP contribution >= 0.6 is 0 Å². The van der Waals surface area contributed by atoms with Crippen molar-refractivity contribution in [1.29, 1.82) is 0 Å². The lowest BCUT2D eigenvalue weighted by atomic mass is 9.94. The van der Waals surface area contributed by atoms with Crippen LogP contribution in [0, 0.1) is 0 Å². The maximum absolute atomic E-state index is 12.6. The van der Waals surface area contributed by atoms with Gasteiger partial charge in [-0.15, -0.1) is 0 Å². The van der Waals surface area contributed by atoms with E-state index in [9.17, 15) is 9.59 Å². The van der Waals surface area contributed by atoms with Crippen molar-refractivity contribution in [3.63, 3.8) is 0 Å². The molecule has 0 aliphatic carbocycles. The molecular formula is C18H21N5O3. The SMILES string of the molecule is O=C(C1CCCO1)N1CCCC(c2cc(=O)[nH]c(-c3cnccn3)n2)C1. The van der Waals surface area contributed by atoms with Crippen molar-refractivity contribution in [2.45, 2.75) is 37.7 Å². The molecule has 4 rings (SSSR count). The van der Waals surface area contributed by atoms with Gasteiger partial charge >= 0.3 is 0 Å². The van der Waals surface area contributed by atoms with Gasteiger partial charge in [-0.2, -0.15) is 0 Å². The van der Waals surface area contributed by atoms with Crippen molar-refractivity contribution in [1.82, 2.24) is 24.8 Å². The third kappa shape index (κ3) is 3.50. The van der Waals surface area contributed by atoms with Gasteiger partial charge in [-0.25, -0.2) is 9.97 Å². The normalized spacial score (nSPS) is 23.2. The van der Waals surface area contributed by atoms with Crippen LogP contribution in [0.15, 0.2) is 29.5 Å². The van der Waals surface area contributed by atoms with E-state index in [-0.39, 0.29) is 23.5 Å². The molecule has 2 aliphatic heterocycles. The molecule has 8 nitrogen and oxygen atoms in total. The standard InChI is InChI=1S/C18H21N5O3/c24-16-9-13(21-17(22-16)14-10-19-5-6-20-14)12-3-1-7-23(11-12)18(25)15-4-2-8-26-15/h5-6,9-10,12,15H,1-4,7-8,11H2,(H,21,22,24). The predicted octanol–water partition coefficient (Wildman–Crippen LogP) is 1.11. The number of aromatic amines is 1. The van der Waals surface area contributed by atoms with Gasteiger partial charge in [0.15, 0.2) is 5.82 Å². The Hall–Kier alpha value is -2.61. The average Bonchev–Trinajstić information content (AvgIpc) is 3.22. The summed E-state index contributed by atoms with van der Waals surface area (Å²) in [7, 11) is 0. The molecule has 2 saturated heterocycles. The van der Waals surface area contributed by atoms with Crippen molar-refractivity contribution >= 4 is 5.91 Å². The van der Waals surface area contributed by atoms with Crippen molar-refractivity contribution in [2.24, 2.45) is 0 Å². The Kier molecular flexibility index (Phi) is 4.75. The topological polar surface area (TPSA) is 101 Å². The van der Waals surface area contributed by atoms with Crippen LogP contribution in [-0.2, 0) is 9.53 Å². The number of rotatable bonds is 3. The number of piperidine rings is 1. The van der Waals surface area contributed by atoms with Crippen LogP contribution in [0.25, 0.3) is 11.5 Å². The van der Waals surface area contributed by atoms with E-state index >= 15 is 0 Å². The largest absolute Gasteiger partial charge is 0.368 e. The van der Waals surface area contributed by atoms with Crippen LogP contribution in [0.2, 0.25) is 0 Å². The number of H-pyrrole nitrogens is 1. The summed E-state index contributed by atoms with van der Waals surface area (Å²) in [5.74, 6) is 0.501. The number of ether oxygens (including phenoxy) is 1. The summed E-state index contributed by atoms with van der Waals surface area (Å²) in [6.07, 6.45) is 7.90. The van der Waals surface area contributed by atoms with Gasteiger partial charge in [0.2, 0.25) is 0 Å². The fourth-order valence-electron chi connectivity index (χ4n) is 3.62. The molecule has 0 spiro atoms. The number of amides is 1. The van der Waals surface area contributed by atoms with Crippen LogP contribution in [0.4, 0.5) is 0 Å². The molecule has 136 valence electrons. The lowest BCUT2D eigenvalue weighted by molar-refractivity contribution is -0.142. The fourth-order valence-corrected chi connectivity index (χ4v) is 3.62. The Bertz CT molecular complexity index is 832. The molecule has 8 heteroatoms. The van der Waals surface area contributed by atoms with Gasteiger partial charge in [0.1, 0.15) is 11.8 Å². The van der Waals surface area contributed by atoms with Gasteiger partial charge in [-0.3, -0.25) is 14.6 Å². The number of likely N-dealkylation sites (tertiary alicyclic amines) is 1. The maximum Gasteiger partial charge on any atom is 0.251 e. The van der Waals surface area contributed by atoms with Crippen molar-refractivity contribution < 1.29 is 9.53 Å². The highest BCUT2D eigenvalue weighted by atomic mass is 16.5. The quantitative estimate of drug-likeness (QED) is 0.885. The van der Waals surface area contributed by atoms with Gasteiger partial charge in [0.25, 0.3) is 11.5 Å². The minimum atomic E-state index is -0.309. The summed E-state index contributed by atoms with van der Waals surface area (Å²) in [5.41, 5.74) is 0.993. The van der Waals surface area contributed by atoms with E-state index in [1.807, 2.05) is 4.90 Å². The van der Waals surface area contributed by atoms with Gasteiger partial charge < -0.3 is 14.6 Å². The number of nitrogens with zero attached hydrogens (tertiary/aromatic N) is 4. The molecule has 2 aromatic rings. The summed E-state index contributed by atoms with van der Waals surface area (Å²) in [6, 6.07) is 1.52. The molecule has 0 saturated carbocycles. The predicted molar refractivity (Wildman–Crippen MR) is 93.4 cm³/mol. The van der Waals surface area contributed by atoms with Gasteiger partial charge in [-0.05, 0) is 25.7 Å². The summed E-state index contributed by atoms with van der Waals surface area (Å²) < 4.78 is 5.53. The first-order chi connectivity index (χ1) is 12.7. The highest BCUT2D eigenvalue weighted by molar-refractivity contribution is 5.81. The number of aromatic nitrogens is 4. The van der Waals surface area contributed by atoms with Crippen molar-refractivity contribution in [3.8, 4) is 11.5 Å². The van der Waals surface area contributed by atoms with Gasteiger partial charge in [0, 0.05) is 44.1 Å². The van der Waals surface area contributed by atoms with Crippen LogP contribution in [0.3, 0.4) is 0 Å². The Balaban J connectivity index is 1.56. The van der Waals surface area contributed by atoms with Crippen LogP contribution in [-0.4, -0.2) is 56.5 Å². The van der Waals surface area contributed by atoms with E-state index in [1.54, 1.807) is 18.6 Å². The average molecular weight is 355 g/mol. The maximum atomic E-state index is 12.6. The van der Waals surface area contributed by atoms with Crippen LogP contribution in [0.1, 0.15) is 37.3 Å². The third-order valence-electron chi connectivity index (χ3n) is 4.92. The third-order valence-corrected chi connectivity index (χ3v) is 4.92. The molecule has 2 fully saturated rings. The second-order valence-electron chi connectivity index (χ2n) is 6.73. The number of hydrogen-bond donors (Lipinski definition) is 1. The molecule has 4 heterocycles. The summed E-state index contributed by atoms with van der Waals surface area (Å²) in [5, 5.41) is 0. The first kappa shape index (κ1) is 16.8. The highest BCUT2D eigenvalue weighted by Crippen LogP contribution is 2.27. The molecule has 2 aromatic heterocycles. The zero-order valence-corrected chi connectivity index (χ0v) is 14.4. The number of nitrogens with one attached hydrogen (secondary N) is 1. The van der Waals surface area contributed by atoms with E-state index < -0.39 is 0 Å². The van der Waals surface area contributed by atoms with Gasteiger partial charge in [-0.1, -0.05) is 0 Å². The molecule has 26 heavy (non-hydrogen) atoms. The Morgan fingerprint density at radius 2 is 2.19 bits per heavy atom.